The lowest BCUT2D eigenvalue weighted by Crippen LogP contribution is -2.14. The molecular formula is C12H14BrClO. The van der Waals surface area contributed by atoms with E-state index in [1.54, 1.807) is 0 Å². The maximum absolute atomic E-state index is 11.8. The highest BCUT2D eigenvalue weighted by molar-refractivity contribution is 9.10. The standard InChI is InChI=1S/C12H14BrClO/c1-2-9-3-5-10(6-4-9)12(15)11(13)7-8-14/h3-6,11H,2,7-8H2,1H3. The van der Waals surface area contributed by atoms with E-state index in [-0.39, 0.29) is 10.6 Å². The predicted octanol–water partition coefficient (Wildman–Crippen LogP) is 3.82. The van der Waals surface area contributed by atoms with Crippen LogP contribution in [-0.4, -0.2) is 16.5 Å². The highest BCUT2D eigenvalue weighted by Crippen LogP contribution is 2.15. The van der Waals surface area contributed by atoms with Gasteiger partial charge in [0.05, 0.1) is 4.83 Å². The maximum atomic E-state index is 11.8. The Labute approximate surface area is 104 Å². The maximum Gasteiger partial charge on any atom is 0.176 e. The molecule has 1 unspecified atom stereocenters. The molecule has 0 spiro atoms. The third-order valence-corrected chi connectivity index (χ3v) is 3.39. The van der Waals surface area contributed by atoms with Gasteiger partial charge in [-0.05, 0) is 18.4 Å². The molecule has 0 radical (unpaired) electrons. The van der Waals surface area contributed by atoms with Gasteiger partial charge in [0.25, 0.3) is 0 Å². The zero-order chi connectivity index (χ0) is 11.3. The average Bonchev–Trinajstić information content (AvgIpc) is 2.28. The summed E-state index contributed by atoms with van der Waals surface area (Å²) in [6, 6.07) is 7.74. The quantitative estimate of drug-likeness (QED) is 0.595. The van der Waals surface area contributed by atoms with E-state index < -0.39 is 0 Å². The monoisotopic (exact) mass is 288 g/mol. The van der Waals surface area contributed by atoms with E-state index in [4.69, 9.17) is 11.6 Å². The van der Waals surface area contributed by atoms with Crippen molar-refractivity contribution in [2.75, 3.05) is 5.88 Å². The summed E-state index contributed by atoms with van der Waals surface area (Å²) in [5, 5.41) is 0. The van der Waals surface area contributed by atoms with Crippen molar-refractivity contribution in [1.82, 2.24) is 0 Å². The molecule has 82 valence electrons. The fraction of sp³-hybridized carbons (Fsp3) is 0.417. The minimum atomic E-state index is -0.164. The summed E-state index contributed by atoms with van der Waals surface area (Å²) in [6.45, 7) is 2.09. The molecule has 1 rings (SSSR count). The molecule has 0 fully saturated rings. The van der Waals surface area contributed by atoms with Crippen LogP contribution in [0.3, 0.4) is 0 Å². The number of aryl methyl sites for hydroxylation is 1. The van der Waals surface area contributed by atoms with Crippen molar-refractivity contribution >= 4 is 33.3 Å². The molecule has 1 aromatic carbocycles. The molecule has 0 heterocycles. The van der Waals surface area contributed by atoms with Crippen molar-refractivity contribution in [3.8, 4) is 0 Å². The number of carbonyl (C=O) groups is 1. The van der Waals surface area contributed by atoms with Crippen LogP contribution in [0.1, 0.15) is 29.3 Å². The first kappa shape index (κ1) is 12.7. The van der Waals surface area contributed by atoms with Gasteiger partial charge in [-0.1, -0.05) is 47.1 Å². The van der Waals surface area contributed by atoms with Crippen LogP contribution >= 0.6 is 27.5 Å². The molecule has 3 heteroatoms. The van der Waals surface area contributed by atoms with Gasteiger partial charge in [0, 0.05) is 11.4 Å². The molecule has 1 atom stereocenters. The van der Waals surface area contributed by atoms with Crippen LogP contribution in [0.2, 0.25) is 0 Å². The molecule has 0 aliphatic carbocycles. The predicted molar refractivity (Wildman–Crippen MR) is 68.2 cm³/mol. The second kappa shape index (κ2) is 6.29. The van der Waals surface area contributed by atoms with Crippen molar-refractivity contribution in [2.45, 2.75) is 24.6 Å². The molecule has 1 aromatic rings. The topological polar surface area (TPSA) is 17.1 Å². The van der Waals surface area contributed by atoms with Gasteiger partial charge in [0.1, 0.15) is 0 Å². The third kappa shape index (κ3) is 3.62. The van der Waals surface area contributed by atoms with Gasteiger partial charge in [0.2, 0.25) is 0 Å². The lowest BCUT2D eigenvalue weighted by Gasteiger charge is -2.07. The van der Waals surface area contributed by atoms with Crippen LogP contribution < -0.4 is 0 Å². The molecule has 1 nitrogen and oxygen atoms in total. The van der Waals surface area contributed by atoms with Gasteiger partial charge in [-0.25, -0.2) is 0 Å². The van der Waals surface area contributed by atoms with Crippen molar-refractivity contribution < 1.29 is 4.79 Å². The lowest BCUT2D eigenvalue weighted by molar-refractivity contribution is 0.0990. The largest absolute Gasteiger partial charge is 0.293 e. The van der Waals surface area contributed by atoms with Crippen LogP contribution in [0.4, 0.5) is 0 Å². The van der Waals surface area contributed by atoms with E-state index in [0.29, 0.717) is 12.3 Å². The van der Waals surface area contributed by atoms with Gasteiger partial charge < -0.3 is 0 Å². The lowest BCUT2D eigenvalue weighted by atomic mass is 10.0. The van der Waals surface area contributed by atoms with Crippen LogP contribution in [0.15, 0.2) is 24.3 Å². The summed E-state index contributed by atoms with van der Waals surface area (Å²) in [7, 11) is 0. The summed E-state index contributed by atoms with van der Waals surface area (Å²) in [5.41, 5.74) is 1.99. The smallest absolute Gasteiger partial charge is 0.176 e. The normalized spacial score (nSPS) is 12.5. The number of Topliss-reactive ketones (excluding diaryl/α,β-unsaturated/α-hetero) is 1. The van der Waals surface area contributed by atoms with Crippen molar-refractivity contribution in [2.24, 2.45) is 0 Å². The Morgan fingerprint density at radius 3 is 2.47 bits per heavy atom. The molecule has 0 N–H and O–H groups in total. The Morgan fingerprint density at radius 2 is 2.00 bits per heavy atom. The number of alkyl halides is 2. The van der Waals surface area contributed by atoms with E-state index in [9.17, 15) is 4.79 Å². The molecule has 0 amide bonds. The summed E-state index contributed by atoms with van der Waals surface area (Å²) in [5.74, 6) is 0.604. The fourth-order valence-electron chi connectivity index (χ4n) is 1.31. The highest BCUT2D eigenvalue weighted by atomic mass is 79.9. The molecule has 0 aliphatic heterocycles. The summed E-state index contributed by atoms with van der Waals surface area (Å²) in [6.07, 6.45) is 1.66. The number of rotatable bonds is 5. The van der Waals surface area contributed by atoms with Gasteiger partial charge in [-0.3, -0.25) is 4.79 Å². The minimum absolute atomic E-state index is 0.110. The van der Waals surface area contributed by atoms with Gasteiger partial charge in [-0.15, -0.1) is 11.6 Å². The van der Waals surface area contributed by atoms with Crippen LogP contribution in [0.25, 0.3) is 0 Å². The Hall–Kier alpha value is -0.340. The fourth-order valence-corrected chi connectivity index (χ4v) is 2.29. The summed E-state index contributed by atoms with van der Waals surface area (Å²) in [4.78, 5) is 11.7. The van der Waals surface area contributed by atoms with E-state index in [2.05, 4.69) is 22.9 Å². The second-order valence-electron chi connectivity index (χ2n) is 3.36. The zero-order valence-electron chi connectivity index (χ0n) is 8.67. The molecule has 0 aliphatic rings. The second-order valence-corrected chi connectivity index (χ2v) is 4.84. The van der Waals surface area contributed by atoms with E-state index in [0.717, 1.165) is 12.0 Å². The van der Waals surface area contributed by atoms with Gasteiger partial charge in [-0.2, -0.15) is 0 Å². The number of carbonyl (C=O) groups excluding carboxylic acids is 1. The molecule has 0 saturated carbocycles. The molecular weight excluding hydrogens is 275 g/mol. The summed E-state index contributed by atoms with van der Waals surface area (Å²) >= 11 is 8.94. The Morgan fingerprint density at radius 1 is 1.40 bits per heavy atom. The number of halogens is 2. The van der Waals surface area contributed by atoms with Crippen LogP contribution in [0.5, 0.6) is 0 Å². The first-order valence-corrected chi connectivity index (χ1v) is 6.47. The molecule has 0 aromatic heterocycles. The number of ketones is 1. The third-order valence-electron chi connectivity index (χ3n) is 2.29. The highest BCUT2D eigenvalue weighted by Gasteiger charge is 2.15. The van der Waals surface area contributed by atoms with Crippen molar-refractivity contribution in [3.05, 3.63) is 35.4 Å². The first-order valence-electron chi connectivity index (χ1n) is 5.02. The Kier molecular flexibility index (Phi) is 5.34. The molecule has 15 heavy (non-hydrogen) atoms. The number of hydrogen-bond acceptors (Lipinski definition) is 1. The van der Waals surface area contributed by atoms with Crippen molar-refractivity contribution in [1.29, 1.82) is 0 Å². The molecule has 0 bridgehead atoms. The average molecular weight is 290 g/mol. The zero-order valence-corrected chi connectivity index (χ0v) is 11.0. The van der Waals surface area contributed by atoms with Crippen LogP contribution in [-0.2, 0) is 6.42 Å². The number of benzene rings is 1. The number of hydrogen-bond donors (Lipinski definition) is 0. The Bertz CT molecular complexity index is 321. The van der Waals surface area contributed by atoms with E-state index >= 15 is 0 Å². The Balaban J connectivity index is 2.73. The van der Waals surface area contributed by atoms with Gasteiger partial charge in [0.15, 0.2) is 5.78 Å². The SMILES string of the molecule is CCc1ccc(C(=O)C(Br)CCCl)cc1. The molecule has 0 saturated heterocycles. The van der Waals surface area contributed by atoms with Crippen molar-refractivity contribution in [3.63, 3.8) is 0 Å². The first-order chi connectivity index (χ1) is 7.19. The van der Waals surface area contributed by atoms with Crippen LogP contribution in [0, 0.1) is 0 Å². The van der Waals surface area contributed by atoms with Gasteiger partial charge >= 0.3 is 0 Å². The summed E-state index contributed by atoms with van der Waals surface area (Å²) < 4.78 is 0. The minimum Gasteiger partial charge on any atom is -0.293 e. The van der Waals surface area contributed by atoms with E-state index in [1.165, 1.54) is 5.56 Å². The van der Waals surface area contributed by atoms with E-state index in [1.807, 2.05) is 24.3 Å².